The molecule has 114 valence electrons. The van der Waals surface area contributed by atoms with E-state index in [1.165, 1.54) is 4.31 Å². The molecule has 6 heteroatoms. The number of rotatable bonds is 6. The van der Waals surface area contributed by atoms with Crippen molar-refractivity contribution in [3.05, 3.63) is 56.7 Å². The van der Waals surface area contributed by atoms with Gasteiger partial charge in [-0.05, 0) is 44.4 Å². The number of nitrogens with zero attached hydrogens (tertiary/aromatic N) is 1. The molecule has 0 fully saturated rings. The molecule has 0 aliphatic carbocycles. The SMILES string of the molecule is CC(CS(=O)(=O)N(C)Cc1csc(Br)c1)c1ccccc1. The highest BCUT2D eigenvalue weighted by Gasteiger charge is 2.22. The van der Waals surface area contributed by atoms with Crippen molar-refractivity contribution in [2.75, 3.05) is 12.8 Å². The Morgan fingerprint density at radius 3 is 2.52 bits per heavy atom. The highest BCUT2D eigenvalue weighted by atomic mass is 79.9. The highest BCUT2D eigenvalue weighted by molar-refractivity contribution is 9.11. The van der Waals surface area contributed by atoms with Gasteiger partial charge in [-0.3, -0.25) is 0 Å². The van der Waals surface area contributed by atoms with E-state index in [1.54, 1.807) is 18.4 Å². The average molecular weight is 388 g/mol. The molecule has 0 saturated heterocycles. The Morgan fingerprint density at radius 1 is 1.29 bits per heavy atom. The Bertz CT molecular complexity index is 683. The Balaban J connectivity index is 2.04. The van der Waals surface area contributed by atoms with Gasteiger partial charge in [0.15, 0.2) is 0 Å². The molecule has 0 saturated carbocycles. The zero-order valence-corrected chi connectivity index (χ0v) is 15.2. The van der Waals surface area contributed by atoms with E-state index in [9.17, 15) is 8.42 Å². The van der Waals surface area contributed by atoms with E-state index in [-0.39, 0.29) is 11.7 Å². The van der Waals surface area contributed by atoms with Gasteiger partial charge in [0, 0.05) is 13.6 Å². The van der Waals surface area contributed by atoms with Crippen LogP contribution in [0.15, 0.2) is 45.6 Å². The third kappa shape index (κ3) is 4.64. The summed E-state index contributed by atoms with van der Waals surface area (Å²) in [5.41, 5.74) is 2.05. The van der Waals surface area contributed by atoms with Gasteiger partial charge in [0.1, 0.15) is 0 Å². The molecule has 1 unspecified atom stereocenters. The lowest BCUT2D eigenvalue weighted by atomic mass is 10.0. The standard InChI is InChI=1S/C15H18BrNO2S2/c1-12(14-6-4-3-5-7-14)11-21(18,19)17(2)9-13-8-15(16)20-10-13/h3-8,10,12H,9,11H2,1-2H3. The van der Waals surface area contributed by atoms with Crippen molar-refractivity contribution in [1.29, 1.82) is 0 Å². The van der Waals surface area contributed by atoms with E-state index in [2.05, 4.69) is 15.9 Å². The summed E-state index contributed by atoms with van der Waals surface area (Å²) in [6, 6.07) is 11.7. The van der Waals surface area contributed by atoms with Crippen LogP contribution in [0, 0.1) is 0 Å². The molecule has 1 aromatic carbocycles. The Kier molecular flexibility index (Phi) is 5.60. The minimum Gasteiger partial charge on any atom is -0.212 e. The lowest BCUT2D eigenvalue weighted by molar-refractivity contribution is 0.464. The maximum absolute atomic E-state index is 12.4. The van der Waals surface area contributed by atoms with Gasteiger partial charge in [-0.25, -0.2) is 12.7 Å². The summed E-state index contributed by atoms with van der Waals surface area (Å²) in [7, 11) is -1.64. The number of benzene rings is 1. The van der Waals surface area contributed by atoms with Crippen LogP contribution >= 0.6 is 27.3 Å². The molecule has 0 radical (unpaired) electrons. The first-order valence-electron chi connectivity index (χ1n) is 6.60. The molecule has 2 aromatic rings. The molecular weight excluding hydrogens is 370 g/mol. The van der Waals surface area contributed by atoms with Gasteiger partial charge < -0.3 is 0 Å². The van der Waals surface area contributed by atoms with E-state index < -0.39 is 10.0 Å². The lowest BCUT2D eigenvalue weighted by Crippen LogP contribution is -2.30. The second kappa shape index (κ2) is 7.05. The van der Waals surface area contributed by atoms with Gasteiger partial charge in [-0.1, -0.05) is 37.3 Å². The molecule has 1 atom stereocenters. The van der Waals surface area contributed by atoms with E-state index >= 15 is 0 Å². The fourth-order valence-corrected chi connectivity index (χ4v) is 4.73. The molecule has 0 N–H and O–H groups in total. The van der Waals surface area contributed by atoms with Gasteiger partial charge in [-0.2, -0.15) is 0 Å². The predicted octanol–water partition coefficient (Wildman–Crippen LogP) is 4.08. The number of hydrogen-bond donors (Lipinski definition) is 0. The minimum atomic E-state index is -3.27. The molecule has 3 nitrogen and oxygen atoms in total. The van der Waals surface area contributed by atoms with Crippen LogP contribution in [-0.2, 0) is 16.6 Å². The van der Waals surface area contributed by atoms with Crippen molar-refractivity contribution in [3.8, 4) is 0 Å². The number of hydrogen-bond acceptors (Lipinski definition) is 3. The smallest absolute Gasteiger partial charge is 0.212 e. The third-order valence-corrected chi connectivity index (χ3v) is 6.88. The van der Waals surface area contributed by atoms with Crippen LogP contribution in [0.2, 0.25) is 0 Å². The maximum atomic E-state index is 12.4. The van der Waals surface area contributed by atoms with E-state index in [0.717, 1.165) is 14.9 Å². The van der Waals surface area contributed by atoms with Gasteiger partial charge in [0.2, 0.25) is 10.0 Å². The summed E-state index contributed by atoms with van der Waals surface area (Å²) in [4.78, 5) is 0. The third-order valence-electron chi connectivity index (χ3n) is 3.33. The van der Waals surface area contributed by atoms with Crippen molar-refractivity contribution >= 4 is 37.3 Å². The van der Waals surface area contributed by atoms with E-state index in [4.69, 9.17) is 0 Å². The van der Waals surface area contributed by atoms with Crippen molar-refractivity contribution in [1.82, 2.24) is 4.31 Å². The molecule has 1 aromatic heterocycles. The molecule has 2 rings (SSSR count). The van der Waals surface area contributed by atoms with Crippen molar-refractivity contribution < 1.29 is 8.42 Å². The minimum absolute atomic E-state index is 0.0205. The Morgan fingerprint density at radius 2 is 1.95 bits per heavy atom. The highest BCUT2D eigenvalue weighted by Crippen LogP contribution is 2.23. The van der Waals surface area contributed by atoms with E-state index in [1.807, 2.05) is 48.7 Å². The lowest BCUT2D eigenvalue weighted by Gasteiger charge is -2.19. The fourth-order valence-electron chi connectivity index (χ4n) is 2.11. The normalized spacial score (nSPS) is 13.5. The molecule has 21 heavy (non-hydrogen) atoms. The Labute approximate surface area is 138 Å². The fraction of sp³-hybridized carbons (Fsp3) is 0.333. The van der Waals surface area contributed by atoms with Crippen molar-refractivity contribution in [2.45, 2.75) is 19.4 Å². The molecule has 0 bridgehead atoms. The molecule has 1 heterocycles. The van der Waals surface area contributed by atoms with Crippen LogP contribution in [0.5, 0.6) is 0 Å². The number of thiophene rings is 1. The van der Waals surface area contributed by atoms with Crippen molar-refractivity contribution in [2.24, 2.45) is 0 Å². The first-order valence-corrected chi connectivity index (χ1v) is 9.88. The number of halogens is 1. The van der Waals surface area contributed by atoms with Crippen molar-refractivity contribution in [3.63, 3.8) is 0 Å². The zero-order valence-electron chi connectivity index (χ0n) is 12.0. The summed E-state index contributed by atoms with van der Waals surface area (Å²) in [5.74, 6) is 0.103. The summed E-state index contributed by atoms with van der Waals surface area (Å²) in [6.45, 7) is 2.36. The summed E-state index contributed by atoms with van der Waals surface area (Å²) in [5, 5.41) is 1.97. The largest absolute Gasteiger partial charge is 0.214 e. The van der Waals surface area contributed by atoms with Crippen LogP contribution in [0.1, 0.15) is 24.0 Å². The summed E-state index contributed by atoms with van der Waals surface area (Å²) in [6.07, 6.45) is 0. The summed E-state index contributed by atoms with van der Waals surface area (Å²) >= 11 is 4.96. The van der Waals surface area contributed by atoms with Crippen LogP contribution in [-0.4, -0.2) is 25.5 Å². The predicted molar refractivity (Wildman–Crippen MR) is 92.1 cm³/mol. The summed E-state index contributed by atoms with van der Waals surface area (Å²) < 4.78 is 27.3. The second-order valence-electron chi connectivity index (χ2n) is 5.11. The van der Waals surface area contributed by atoms with Crippen LogP contribution in [0.3, 0.4) is 0 Å². The van der Waals surface area contributed by atoms with Gasteiger partial charge in [0.05, 0.1) is 9.54 Å². The van der Waals surface area contributed by atoms with Crippen LogP contribution < -0.4 is 0 Å². The maximum Gasteiger partial charge on any atom is 0.214 e. The first-order chi connectivity index (χ1) is 9.88. The van der Waals surface area contributed by atoms with E-state index in [0.29, 0.717) is 6.54 Å². The quantitative estimate of drug-likeness (QED) is 0.748. The molecule has 0 aliphatic rings. The molecule has 0 aliphatic heterocycles. The molecular formula is C15H18BrNO2S2. The average Bonchev–Trinajstić information content (AvgIpc) is 2.84. The zero-order chi connectivity index (χ0) is 15.5. The van der Waals surface area contributed by atoms with Crippen LogP contribution in [0.4, 0.5) is 0 Å². The van der Waals surface area contributed by atoms with Gasteiger partial charge in [-0.15, -0.1) is 11.3 Å². The topological polar surface area (TPSA) is 37.4 Å². The monoisotopic (exact) mass is 387 g/mol. The van der Waals surface area contributed by atoms with Gasteiger partial charge >= 0.3 is 0 Å². The van der Waals surface area contributed by atoms with Crippen LogP contribution in [0.25, 0.3) is 0 Å². The van der Waals surface area contributed by atoms with Gasteiger partial charge in [0.25, 0.3) is 0 Å². The first kappa shape index (κ1) is 16.7. The molecule has 0 amide bonds. The molecule has 0 spiro atoms. The second-order valence-corrected chi connectivity index (χ2v) is 9.52. The Hall–Kier alpha value is -0.690. The number of sulfonamides is 1.